The lowest BCUT2D eigenvalue weighted by Gasteiger charge is -2.12. The highest BCUT2D eigenvalue weighted by Gasteiger charge is 2.17. The Morgan fingerprint density at radius 2 is 1.50 bits per heavy atom. The van der Waals surface area contributed by atoms with Crippen LogP contribution in [0.5, 0.6) is 0 Å². The van der Waals surface area contributed by atoms with E-state index < -0.39 is 0 Å². The van der Waals surface area contributed by atoms with Gasteiger partial charge in [0, 0.05) is 11.6 Å². The summed E-state index contributed by atoms with van der Waals surface area (Å²) in [6, 6.07) is 17.7. The van der Waals surface area contributed by atoms with Crippen molar-refractivity contribution in [2.24, 2.45) is 0 Å². The number of hydrogen-bond acceptors (Lipinski definition) is 2. The predicted molar refractivity (Wildman–Crippen MR) is 94.6 cm³/mol. The average Bonchev–Trinajstić information content (AvgIpc) is 3.13. The van der Waals surface area contributed by atoms with Crippen LogP contribution in [-0.2, 0) is 4.79 Å². The molecule has 1 fully saturated rings. The van der Waals surface area contributed by atoms with E-state index in [1.807, 2.05) is 42.5 Å². The van der Waals surface area contributed by atoms with E-state index in [0.717, 1.165) is 24.0 Å². The van der Waals surface area contributed by atoms with Crippen molar-refractivity contribution >= 4 is 11.8 Å². The van der Waals surface area contributed by atoms with Gasteiger partial charge in [-0.15, -0.1) is 0 Å². The predicted octanol–water partition coefficient (Wildman–Crippen LogP) is 3.14. The largest absolute Gasteiger partial charge is 0.352 e. The minimum Gasteiger partial charge on any atom is -0.352 e. The fourth-order valence-electron chi connectivity index (χ4n) is 3.06. The summed E-state index contributed by atoms with van der Waals surface area (Å²) < 4.78 is 0. The Bertz CT molecular complexity index is 689. The molecular weight excluding hydrogens is 300 g/mol. The van der Waals surface area contributed by atoms with Gasteiger partial charge in [0.05, 0.1) is 6.54 Å². The third-order valence-corrected chi connectivity index (χ3v) is 4.38. The van der Waals surface area contributed by atoms with Gasteiger partial charge in [0.2, 0.25) is 5.91 Å². The molecule has 2 aromatic rings. The normalized spacial score (nSPS) is 14.3. The van der Waals surface area contributed by atoms with E-state index >= 15 is 0 Å². The number of hydrogen-bond donors (Lipinski definition) is 2. The Hall–Kier alpha value is -2.62. The molecule has 0 saturated heterocycles. The zero-order chi connectivity index (χ0) is 16.8. The molecule has 0 bridgehead atoms. The second-order valence-electron chi connectivity index (χ2n) is 6.17. The van der Waals surface area contributed by atoms with Crippen molar-refractivity contribution in [1.29, 1.82) is 0 Å². The van der Waals surface area contributed by atoms with Crippen LogP contribution < -0.4 is 10.6 Å². The molecule has 4 heteroatoms. The summed E-state index contributed by atoms with van der Waals surface area (Å²) in [5, 5.41) is 5.64. The number of carbonyl (C=O) groups is 2. The molecule has 0 aromatic heterocycles. The number of rotatable bonds is 5. The number of benzene rings is 2. The SMILES string of the molecule is O=C(CNC(=O)c1ccc(-c2ccccc2)cc1)NC1CCCC1. The van der Waals surface area contributed by atoms with Gasteiger partial charge in [-0.2, -0.15) is 0 Å². The first kappa shape index (κ1) is 16.2. The lowest BCUT2D eigenvalue weighted by atomic mass is 10.0. The summed E-state index contributed by atoms with van der Waals surface area (Å²) in [6.45, 7) is 0.0236. The molecule has 124 valence electrons. The van der Waals surface area contributed by atoms with E-state index in [9.17, 15) is 9.59 Å². The van der Waals surface area contributed by atoms with E-state index in [0.29, 0.717) is 5.56 Å². The molecule has 2 amide bonds. The standard InChI is InChI=1S/C20H22N2O2/c23-19(22-18-8-4-5-9-18)14-21-20(24)17-12-10-16(11-13-17)15-6-2-1-3-7-15/h1-3,6-7,10-13,18H,4-5,8-9,14H2,(H,21,24)(H,22,23). The molecule has 0 spiro atoms. The van der Waals surface area contributed by atoms with Crippen LogP contribution in [0.25, 0.3) is 11.1 Å². The third-order valence-electron chi connectivity index (χ3n) is 4.38. The highest BCUT2D eigenvalue weighted by atomic mass is 16.2. The van der Waals surface area contributed by atoms with E-state index in [-0.39, 0.29) is 24.4 Å². The first-order valence-electron chi connectivity index (χ1n) is 8.45. The molecular formula is C20H22N2O2. The van der Waals surface area contributed by atoms with Gasteiger partial charge >= 0.3 is 0 Å². The highest BCUT2D eigenvalue weighted by Crippen LogP contribution is 2.19. The topological polar surface area (TPSA) is 58.2 Å². The van der Waals surface area contributed by atoms with E-state index in [1.54, 1.807) is 12.1 Å². The molecule has 2 aromatic carbocycles. The maximum atomic E-state index is 12.1. The van der Waals surface area contributed by atoms with E-state index in [4.69, 9.17) is 0 Å². The zero-order valence-corrected chi connectivity index (χ0v) is 13.6. The molecule has 1 aliphatic carbocycles. The third kappa shape index (κ3) is 4.22. The van der Waals surface area contributed by atoms with Crippen molar-refractivity contribution in [2.75, 3.05) is 6.54 Å². The minimum absolute atomic E-state index is 0.0236. The summed E-state index contributed by atoms with van der Waals surface area (Å²) in [5.41, 5.74) is 2.73. The molecule has 0 heterocycles. The van der Waals surface area contributed by atoms with E-state index in [1.165, 1.54) is 12.8 Å². The van der Waals surface area contributed by atoms with Gasteiger partial charge in [-0.05, 0) is 36.1 Å². The second kappa shape index (κ2) is 7.77. The smallest absolute Gasteiger partial charge is 0.251 e. The lowest BCUT2D eigenvalue weighted by molar-refractivity contribution is -0.120. The minimum atomic E-state index is -0.226. The molecule has 0 unspecified atom stereocenters. The van der Waals surface area contributed by atoms with Gasteiger partial charge in [-0.3, -0.25) is 9.59 Å². The van der Waals surface area contributed by atoms with Crippen LogP contribution in [0.3, 0.4) is 0 Å². The van der Waals surface area contributed by atoms with Gasteiger partial charge < -0.3 is 10.6 Å². The Kier molecular flexibility index (Phi) is 5.26. The molecule has 24 heavy (non-hydrogen) atoms. The van der Waals surface area contributed by atoms with Crippen molar-refractivity contribution in [3.63, 3.8) is 0 Å². The van der Waals surface area contributed by atoms with Crippen molar-refractivity contribution in [1.82, 2.24) is 10.6 Å². The lowest BCUT2D eigenvalue weighted by Crippen LogP contribution is -2.40. The van der Waals surface area contributed by atoms with Crippen LogP contribution in [0.1, 0.15) is 36.0 Å². The summed E-state index contributed by atoms with van der Waals surface area (Å²) in [4.78, 5) is 24.0. The fourth-order valence-corrected chi connectivity index (χ4v) is 3.06. The molecule has 2 N–H and O–H groups in total. The number of carbonyl (C=O) groups excluding carboxylic acids is 2. The molecule has 0 atom stereocenters. The first-order valence-corrected chi connectivity index (χ1v) is 8.45. The number of amides is 2. The molecule has 1 aliphatic rings. The highest BCUT2D eigenvalue weighted by molar-refractivity contribution is 5.96. The average molecular weight is 322 g/mol. The molecule has 1 saturated carbocycles. The zero-order valence-electron chi connectivity index (χ0n) is 13.6. The van der Waals surface area contributed by atoms with Crippen LogP contribution >= 0.6 is 0 Å². The molecule has 3 rings (SSSR count). The summed E-state index contributed by atoms with van der Waals surface area (Å²) in [5.74, 6) is -0.340. The van der Waals surface area contributed by atoms with Crippen molar-refractivity contribution in [3.05, 3.63) is 60.2 Å². The van der Waals surface area contributed by atoms with Crippen LogP contribution in [0.2, 0.25) is 0 Å². The maximum absolute atomic E-state index is 12.1. The van der Waals surface area contributed by atoms with Gasteiger partial charge in [0.1, 0.15) is 0 Å². The Labute approximate surface area is 142 Å². The fraction of sp³-hybridized carbons (Fsp3) is 0.300. The van der Waals surface area contributed by atoms with Crippen molar-refractivity contribution in [2.45, 2.75) is 31.7 Å². The Morgan fingerprint density at radius 3 is 2.17 bits per heavy atom. The maximum Gasteiger partial charge on any atom is 0.251 e. The van der Waals surface area contributed by atoms with Gasteiger partial charge in [-0.25, -0.2) is 0 Å². The first-order chi connectivity index (χ1) is 11.7. The Morgan fingerprint density at radius 1 is 0.875 bits per heavy atom. The molecule has 0 aliphatic heterocycles. The van der Waals surface area contributed by atoms with Gasteiger partial charge in [-0.1, -0.05) is 55.3 Å². The second-order valence-corrected chi connectivity index (χ2v) is 6.17. The Balaban J connectivity index is 1.52. The van der Waals surface area contributed by atoms with Crippen LogP contribution in [-0.4, -0.2) is 24.4 Å². The number of nitrogens with one attached hydrogen (secondary N) is 2. The van der Waals surface area contributed by atoms with Crippen molar-refractivity contribution in [3.8, 4) is 11.1 Å². The van der Waals surface area contributed by atoms with Crippen LogP contribution in [0.4, 0.5) is 0 Å². The summed E-state index contributed by atoms with van der Waals surface area (Å²) in [7, 11) is 0. The monoisotopic (exact) mass is 322 g/mol. The quantitative estimate of drug-likeness (QED) is 0.888. The van der Waals surface area contributed by atoms with Gasteiger partial charge in [0.25, 0.3) is 5.91 Å². The van der Waals surface area contributed by atoms with Crippen LogP contribution in [0.15, 0.2) is 54.6 Å². The molecule has 0 radical (unpaired) electrons. The van der Waals surface area contributed by atoms with Crippen LogP contribution in [0, 0.1) is 0 Å². The molecule has 4 nitrogen and oxygen atoms in total. The van der Waals surface area contributed by atoms with Crippen molar-refractivity contribution < 1.29 is 9.59 Å². The van der Waals surface area contributed by atoms with Gasteiger partial charge in [0.15, 0.2) is 0 Å². The van der Waals surface area contributed by atoms with E-state index in [2.05, 4.69) is 10.6 Å². The summed E-state index contributed by atoms with van der Waals surface area (Å²) >= 11 is 0. The summed E-state index contributed by atoms with van der Waals surface area (Å²) in [6.07, 6.45) is 4.43.